The largest absolute Gasteiger partial charge is 0.493 e. The van der Waals surface area contributed by atoms with Crippen LogP contribution in [0.5, 0.6) is 11.5 Å². The number of hydrogen-bond acceptors (Lipinski definition) is 8. The summed E-state index contributed by atoms with van der Waals surface area (Å²) in [5.74, 6) is -0.978. The highest BCUT2D eigenvalue weighted by molar-refractivity contribution is 9.10. The van der Waals surface area contributed by atoms with Crippen molar-refractivity contribution < 1.29 is 33.4 Å². The van der Waals surface area contributed by atoms with E-state index in [0.29, 0.717) is 27.2 Å². The summed E-state index contributed by atoms with van der Waals surface area (Å²) in [5, 5.41) is 2.11. The van der Waals surface area contributed by atoms with Crippen LogP contribution in [-0.2, 0) is 19.1 Å². The molecule has 1 aliphatic rings. The predicted molar refractivity (Wildman–Crippen MR) is 131 cm³/mol. The molecule has 34 heavy (non-hydrogen) atoms. The quantitative estimate of drug-likeness (QED) is 0.368. The maximum atomic E-state index is 12.8. The lowest BCUT2D eigenvalue weighted by Gasteiger charge is -2.13. The standard InChI is InChI=1S/C23H21BrN2O7S/c1-3-32-20(28)13-33-21-16(24)9-14(10-17(21)31-2)11-18-22(29)26(23(30)34-18)12-19(27)25-15-7-5-4-6-8-15/h4-11H,3,12-13H2,1-2H3,(H,25,27)/b18-11-. The van der Waals surface area contributed by atoms with Gasteiger partial charge in [-0.25, -0.2) is 4.79 Å². The van der Waals surface area contributed by atoms with E-state index < -0.39 is 29.6 Å². The molecule has 3 amide bonds. The molecule has 0 unspecified atom stereocenters. The number of methoxy groups -OCH3 is 1. The summed E-state index contributed by atoms with van der Waals surface area (Å²) in [7, 11) is 1.43. The molecule has 0 aliphatic carbocycles. The second-order valence-electron chi connectivity index (χ2n) is 6.81. The van der Waals surface area contributed by atoms with Crippen LogP contribution in [0.25, 0.3) is 6.08 Å². The number of benzene rings is 2. The van der Waals surface area contributed by atoms with E-state index in [2.05, 4.69) is 21.2 Å². The summed E-state index contributed by atoms with van der Waals surface area (Å²) in [6.45, 7) is 1.24. The average Bonchev–Trinajstić information content (AvgIpc) is 3.06. The molecule has 0 saturated carbocycles. The molecule has 0 radical (unpaired) electrons. The second kappa shape index (κ2) is 11.7. The Morgan fingerprint density at radius 3 is 2.59 bits per heavy atom. The average molecular weight is 549 g/mol. The zero-order valence-electron chi connectivity index (χ0n) is 18.3. The highest BCUT2D eigenvalue weighted by Crippen LogP contribution is 2.39. The molecule has 2 aromatic carbocycles. The summed E-state index contributed by atoms with van der Waals surface area (Å²) in [4.78, 5) is 50.1. The Hall–Kier alpha value is -3.31. The van der Waals surface area contributed by atoms with E-state index in [-0.39, 0.29) is 18.1 Å². The summed E-state index contributed by atoms with van der Waals surface area (Å²) in [6.07, 6.45) is 1.52. The Labute approximate surface area is 208 Å². The Morgan fingerprint density at radius 1 is 1.18 bits per heavy atom. The minimum absolute atomic E-state index is 0.159. The molecule has 3 rings (SSSR count). The molecule has 9 nitrogen and oxygen atoms in total. The highest BCUT2D eigenvalue weighted by atomic mass is 79.9. The van der Waals surface area contributed by atoms with E-state index in [1.165, 1.54) is 13.2 Å². The Morgan fingerprint density at radius 2 is 1.91 bits per heavy atom. The van der Waals surface area contributed by atoms with Crippen molar-refractivity contribution in [3.05, 3.63) is 57.4 Å². The zero-order valence-corrected chi connectivity index (χ0v) is 20.7. The first kappa shape index (κ1) is 25.3. The maximum absolute atomic E-state index is 12.8. The third kappa shape index (κ3) is 6.39. The molecule has 0 bridgehead atoms. The third-order valence-corrected chi connectivity index (χ3v) is 5.92. The van der Waals surface area contributed by atoms with Crippen molar-refractivity contribution in [2.45, 2.75) is 6.92 Å². The van der Waals surface area contributed by atoms with Crippen molar-refractivity contribution >= 4 is 62.5 Å². The van der Waals surface area contributed by atoms with Crippen LogP contribution >= 0.6 is 27.7 Å². The fourth-order valence-electron chi connectivity index (χ4n) is 2.95. The molecule has 1 heterocycles. The molecule has 1 aliphatic heterocycles. The van der Waals surface area contributed by atoms with E-state index in [1.807, 2.05) is 6.07 Å². The lowest BCUT2D eigenvalue weighted by atomic mass is 10.2. The number of rotatable bonds is 9. The molecule has 1 N–H and O–H groups in total. The first-order valence-electron chi connectivity index (χ1n) is 10.1. The number of carbonyl (C=O) groups excluding carboxylic acids is 4. The van der Waals surface area contributed by atoms with Crippen molar-refractivity contribution in [3.63, 3.8) is 0 Å². The molecule has 1 saturated heterocycles. The van der Waals surface area contributed by atoms with E-state index in [9.17, 15) is 19.2 Å². The third-order valence-electron chi connectivity index (χ3n) is 4.42. The predicted octanol–water partition coefficient (Wildman–Crippen LogP) is 4.07. The lowest BCUT2D eigenvalue weighted by Crippen LogP contribution is -2.36. The Bertz CT molecular complexity index is 1140. The number of halogens is 1. The molecule has 0 atom stereocenters. The van der Waals surface area contributed by atoms with Gasteiger partial charge in [-0.05, 0) is 70.5 Å². The topological polar surface area (TPSA) is 111 Å². The number of anilines is 1. The fraction of sp³-hybridized carbons (Fsp3) is 0.217. The van der Waals surface area contributed by atoms with E-state index in [0.717, 1.165) is 16.7 Å². The number of para-hydroxylation sites is 1. The first-order chi connectivity index (χ1) is 16.3. The number of thioether (sulfide) groups is 1. The molecular formula is C23H21BrN2O7S. The number of hydrogen-bond donors (Lipinski definition) is 1. The number of nitrogens with zero attached hydrogens (tertiary/aromatic N) is 1. The number of esters is 1. The van der Waals surface area contributed by atoms with Crippen molar-refractivity contribution in [2.24, 2.45) is 0 Å². The molecule has 11 heteroatoms. The van der Waals surface area contributed by atoms with E-state index in [1.54, 1.807) is 43.3 Å². The van der Waals surface area contributed by atoms with Crippen molar-refractivity contribution in [1.29, 1.82) is 0 Å². The van der Waals surface area contributed by atoms with Gasteiger partial charge in [0.15, 0.2) is 18.1 Å². The van der Waals surface area contributed by atoms with Crippen LogP contribution in [0.1, 0.15) is 12.5 Å². The molecular weight excluding hydrogens is 528 g/mol. The monoisotopic (exact) mass is 548 g/mol. The van der Waals surface area contributed by atoms with Gasteiger partial charge in [-0.2, -0.15) is 0 Å². The van der Waals surface area contributed by atoms with Crippen LogP contribution in [0.3, 0.4) is 0 Å². The van der Waals surface area contributed by atoms with Gasteiger partial charge in [-0.3, -0.25) is 19.3 Å². The minimum Gasteiger partial charge on any atom is -0.493 e. The maximum Gasteiger partial charge on any atom is 0.344 e. The molecule has 0 spiro atoms. The number of imide groups is 1. The normalized spacial score (nSPS) is 14.3. The number of carbonyl (C=O) groups is 4. The van der Waals surface area contributed by atoms with Gasteiger partial charge >= 0.3 is 5.97 Å². The fourth-order valence-corrected chi connectivity index (χ4v) is 4.36. The van der Waals surface area contributed by atoms with Crippen molar-refractivity contribution in [2.75, 3.05) is 32.2 Å². The lowest BCUT2D eigenvalue weighted by molar-refractivity contribution is -0.145. The van der Waals surface area contributed by atoms with Crippen LogP contribution in [0.2, 0.25) is 0 Å². The van der Waals surface area contributed by atoms with Gasteiger partial charge in [0.1, 0.15) is 6.54 Å². The number of amides is 3. The minimum atomic E-state index is -0.573. The molecule has 0 aromatic heterocycles. The number of ether oxygens (including phenoxy) is 3. The SMILES string of the molecule is CCOC(=O)COc1c(Br)cc(/C=C2\SC(=O)N(CC(=O)Nc3ccccc3)C2=O)cc1OC. The summed E-state index contributed by atoms with van der Waals surface area (Å²) < 4.78 is 16.2. The van der Waals surface area contributed by atoms with Crippen LogP contribution in [-0.4, -0.2) is 54.8 Å². The summed E-state index contributed by atoms with van der Waals surface area (Å²) >= 11 is 4.11. The van der Waals surface area contributed by atoms with Crippen molar-refractivity contribution in [1.82, 2.24) is 4.90 Å². The van der Waals surface area contributed by atoms with Gasteiger partial charge in [0.25, 0.3) is 11.1 Å². The van der Waals surface area contributed by atoms with Gasteiger partial charge in [0.2, 0.25) is 5.91 Å². The van der Waals surface area contributed by atoms with Gasteiger partial charge in [0, 0.05) is 5.69 Å². The second-order valence-corrected chi connectivity index (χ2v) is 8.66. The Balaban J connectivity index is 1.73. The van der Waals surface area contributed by atoms with E-state index in [4.69, 9.17) is 14.2 Å². The summed E-state index contributed by atoms with van der Waals surface area (Å²) in [5.41, 5.74) is 1.11. The van der Waals surface area contributed by atoms with Crippen LogP contribution in [0.4, 0.5) is 10.5 Å². The first-order valence-corrected chi connectivity index (χ1v) is 11.7. The van der Waals surface area contributed by atoms with E-state index >= 15 is 0 Å². The van der Waals surface area contributed by atoms with Gasteiger partial charge in [0.05, 0.1) is 23.1 Å². The molecule has 178 valence electrons. The van der Waals surface area contributed by atoms with Gasteiger partial charge in [-0.15, -0.1) is 0 Å². The van der Waals surface area contributed by atoms with Crippen molar-refractivity contribution in [3.8, 4) is 11.5 Å². The molecule has 2 aromatic rings. The van der Waals surface area contributed by atoms with Gasteiger partial charge < -0.3 is 19.5 Å². The van der Waals surface area contributed by atoms with Crippen LogP contribution in [0.15, 0.2) is 51.8 Å². The highest BCUT2D eigenvalue weighted by Gasteiger charge is 2.36. The van der Waals surface area contributed by atoms with Gasteiger partial charge in [-0.1, -0.05) is 18.2 Å². The zero-order chi connectivity index (χ0) is 24.7. The smallest absolute Gasteiger partial charge is 0.344 e. The van der Waals surface area contributed by atoms with Crippen LogP contribution in [0, 0.1) is 0 Å². The number of nitrogens with one attached hydrogen (secondary N) is 1. The summed E-state index contributed by atoms with van der Waals surface area (Å²) in [6, 6.07) is 12.0. The Kier molecular flexibility index (Phi) is 8.72. The van der Waals surface area contributed by atoms with Crippen LogP contribution < -0.4 is 14.8 Å². The molecule has 1 fully saturated rings.